The lowest BCUT2D eigenvalue weighted by Crippen LogP contribution is -2.14. The lowest BCUT2D eigenvalue weighted by Gasteiger charge is -2.21. The molecule has 0 saturated carbocycles. The van der Waals surface area contributed by atoms with Gasteiger partial charge in [0, 0.05) is 17.0 Å². The van der Waals surface area contributed by atoms with Crippen molar-refractivity contribution >= 4 is 11.6 Å². The Morgan fingerprint density at radius 3 is 2.38 bits per heavy atom. The summed E-state index contributed by atoms with van der Waals surface area (Å²) >= 11 is 6.27. The Bertz CT molecular complexity index is 574. The molecule has 2 aromatic rings. The van der Waals surface area contributed by atoms with Crippen molar-refractivity contribution in [1.29, 1.82) is 0 Å². The Hall–Kier alpha value is -1.71. The lowest BCUT2D eigenvalue weighted by atomic mass is 10.1. The maximum Gasteiger partial charge on any atom is 0.162 e. The highest BCUT2D eigenvalue weighted by Gasteiger charge is 2.17. The fourth-order valence-corrected chi connectivity index (χ4v) is 2.40. The first-order valence-corrected chi connectivity index (χ1v) is 7.47. The van der Waals surface area contributed by atoms with Gasteiger partial charge in [-0.2, -0.15) is 0 Å². The van der Waals surface area contributed by atoms with Gasteiger partial charge in [-0.3, -0.25) is 0 Å². The minimum Gasteiger partial charge on any atom is -0.490 e. The van der Waals surface area contributed by atoms with Gasteiger partial charge in [-0.15, -0.1) is 0 Å². The van der Waals surface area contributed by atoms with E-state index in [2.05, 4.69) is 0 Å². The molecule has 0 spiro atoms. The van der Waals surface area contributed by atoms with Crippen LogP contribution in [0.1, 0.15) is 25.0 Å². The van der Waals surface area contributed by atoms with Gasteiger partial charge in [0.05, 0.1) is 6.61 Å². The van der Waals surface area contributed by atoms with Gasteiger partial charge in [-0.1, -0.05) is 41.9 Å². The first-order chi connectivity index (χ1) is 10.3. The maximum absolute atomic E-state index is 6.27. The molecule has 0 saturated heterocycles. The summed E-state index contributed by atoms with van der Waals surface area (Å²) in [5.41, 5.74) is 6.65. The highest BCUT2D eigenvalue weighted by molar-refractivity contribution is 6.31. The van der Waals surface area contributed by atoms with Gasteiger partial charge in [-0.25, -0.2) is 0 Å². The molecule has 0 radical (unpaired) electrons. The molecule has 1 atom stereocenters. The van der Waals surface area contributed by atoms with Crippen LogP contribution in [0.3, 0.4) is 0 Å². The Kier molecular flexibility index (Phi) is 5.90. The molecule has 0 aromatic heterocycles. The van der Waals surface area contributed by atoms with E-state index in [0.29, 0.717) is 30.3 Å². The number of halogens is 1. The van der Waals surface area contributed by atoms with E-state index in [-0.39, 0.29) is 6.10 Å². The van der Waals surface area contributed by atoms with Crippen LogP contribution < -0.4 is 15.2 Å². The predicted molar refractivity (Wildman–Crippen MR) is 86.1 cm³/mol. The van der Waals surface area contributed by atoms with Crippen molar-refractivity contribution in [2.45, 2.75) is 19.4 Å². The third-order valence-electron chi connectivity index (χ3n) is 3.10. The first-order valence-electron chi connectivity index (χ1n) is 7.09. The van der Waals surface area contributed by atoms with E-state index >= 15 is 0 Å². The van der Waals surface area contributed by atoms with Crippen molar-refractivity contribution in [1.82, 2.24) is 0 Å². The van der Waals surface area contributed by atoms with Gasteiger partial charge in [0.15, 0.2) is 11.5 Å². The quantitative estimate of drug-likeness (QED) is 0.833. The molecule has 21 heavy (non-hydrogen) atoms. The second-order valence-electron chi connectivity index (χ2n) is 4.59. The molecular formula is C17H20ClNO2. The van der Waals surface area contributed by atoms with Crippen molar-refractivity contribution < 1.29 is 9.47 Å². The third-order valence-corrected chi connectivity index (χ3v) is 3.44. The molecule has 0 aliphatic rings. The smallest absolute Gasteiger partial charge is 0.162 e. The zero-order chi connectivity index (χ0) is 15.1. The SMILES string of the molecule is CCOc1ccccc1OC(CCN)c1ccccc1Cl. The normalized spacial score (nSPS) is 12.0. The molecule has 0 amide bonds. The van der Waals surface area contributed by atoms with Gasteiger partial charge in [-0.05, 0) is 31.7 Å². The molecule has 0 bridgehead atoms. The summed E-state index contributed by atoms with van der Waals surface area (Å²) in [7, 11) is 0. The van der Waals surface area contributed by atoms with Gasteiger partial charge in [0.1, 0.15) is 6.10 Å². The summed E-state index contributed by atoms with van der Waals surface area (Å²) in [4.78, 5) is 0. The second kappa shape index (κ2) is 7.91. The topological polar surface area (TPSA) is 44.5 Å². The molecule has 2 aromatic carbocycles. The minimum absolute atomic E-state index is 0.190. The number of benzene rings is 2. The fraction of sp³-hybridized carbons (Fsp3) is 0.294. The molecule has 2 N–H and O–H groups in total. The van der Waals surface area contributed by atoms with Crippen LogP contribution in [0.25, 0.3) is 0 Å². The molecule has 112 valence electrons. The molecule has 3 nitrogen and oxygen atoms in total. The summed E-state index contributed by atoms with van der Waals surface area (Å²) in [5.74, 6) is 1.44. The van der Waals surface area contributed by atoms with Gasteiger partial charge in [0.2, 0.25) is 0 Å². The van der Waals surface area contributed by atoms with Gasteiger partial charge >= 0.3 is 0 Å². The lowest BCUT2D eigenvalue weighted by molar-refractivity contribution is 0.186. The average Bonchev–Trinajstić information content (AvgIpc) is 2.49. The van der Waals surface area contributed by atoms with Crippen LogP contribution in [0.4, 0.5) is 0 Å². The number of rotatable bonds is 7. The van der Waals surface area contributed by atoms with Crippen LogP contribution >= 0.6 is 11.6 Å². The van der Waals surface area contributed by atoms with Crippen molar-refractivity contribution in [3.63, 3.8) is 0 Å². The summed E-state index contributed by atoms with van der Waals surface area (Å²) in [6, 6.07) is 15.3. The van der Waals surface area contributed by atoms with Gasteiger partial charge in [0.25, 0.3) is 0 Å². The van der Waals surface area contributed by atoms with Crippen molar-refractivity contribution in [2.75, 3.05) is 13.2 Å². The Morgan fingerprint density at radius 1 is 1.05 bits per heavy atom. The van der Waals surface area contributed by atoms with Crippen LogP contribution in [-0.4, -0.2) is 13.2 Å². The van der Waals surface area contributed by atoms with Crippen molar-refractivity contribution in [2.24, 2.45) is 5.73 Å². The van der Waals surface area contributed by atoms with E-state index in [1.807, 2.05) is 55.5 Å². The highest BCUT2D eigenvalue weighted by atomic mass is 35.5. The Morgan fingerprint density at radius 2 is 1.71 bits per heavy atom. The third kappa shape index (κ3) is 4.13. The molecule has 0 heterocycles. The average molecular weight is 306 g/mol. The van der Waals surface area contributed by atoms with E-state index < -0.39 is 0 Å². The minimum atomic E-state index is -0.190. The zero-order valence-corrected chi connectivity index (χ0v) is 12.8. The van der Waals surface area contributed by atoms with E-state index in [9.17, 15) is 0 Å². The summed E-state index contributed by atoms with van der Waals surface area (Å²) < 4.78 is 11.7. The van der Waals surface area contributed by atoms with Crippen LogP contribution in [0.2, 0.25) is 5.02 Å². The summed E-state index contributed by atoms with van der Waals surface area (Å²) in [6.45, 7) is 3.06. The van der Waals surface area contributed by atoms with Crippen LogP contribution in [-0.2, 0) is 0 Å². The Labute approximate surface area is 130 Å². The van der Waals surface area contributed by atoms with E-state index in [4.69, 9.17) is 26.8 Å². The van der Waals surface area contributed by atoms with Crippen LogP contribution in [0, 0.1) is 0 Å². The fourth-order valence-electron chi connectivity index (χ4n) is 2.14. The predicted octanol–water partition coefficient (Wildman–Crippen LogP) is 4.21. The van der Waals surface area contributed by atoms with Crippen molar-refractivity contribution in [3.8, 4) is 11.5 Å². The molecular weight excluding hydrogens is 286 g/mol. The number of hydrogen-bond acceptors (Lipinski definition) is 3. The number of para-hydroxylation sites is 2. The maximum atomic E-state index is 6.27. The Balaban J connectivity index is 2.27. The van der Waals surface area contributed by atoms with Crippen LogP contribution in [0.5, 0.6) is 11.5 Å². The molecule has 0 aliphatic carbocycles. The number of ether oxygens (including phenoxy) is 2. The largest absolute Gasteiger partial charge is 0.490 e. The van der Waals surface area contributed by atoms with Crippen LogP contribution in [0.15, 0.2) is 48.5 Å². The van der Waals surface area contributed by atoms with E-state index in [0.717, 1.165) is 11.3 Å². The van der Waals surface area contributed by atoms with E-state index in [1.165, 1.54) is 0 Å². The zero-order valence-electron chi connectivity index (χ0n) is 12.1. The molecule has 2 rings (SSSR count). The summed E-state index contributed by atoms with van der Waals surface area (Å²) in [5, 5.41) is 0.685. The van der Waals surface area contributed by atoms with Crippen molar-refractivity contribution in [3.05, 3.63) is 59.1 Å². The molecule has 1 unspecified atom stereocenters. The first kappa shape index (κ1) is 15.7. The standard InChI is InChI=1S/C17H20ClNO2/c1-2-20-16-9-5-6-10-17(16)21-15(11-12-19)13-7-3-4-8-14(13)18/h3-10,15H,2,11-12,19H2,1H3. The number of hydrogen-bond donors (Lipinski definition) is 1. The van der Waals surface area contributed by atoms with E-state index in [1.54, 1.807) is 0 Å². The molecule has 4 heteroatoms. The molecule has 0 fully saturated rings. The highest BCUT2D eigenvalue weighted by Crippen LogP contribution is 2.34. The monoisotopic (exact) mass is 305 g/mol. The second-order valence-corrected chi connectivity index (χ2v) is 4.99. The summed E-state index contributed by atoms with van der Waals surface area (Å²) in [6.07, 6.45) is 0.495. The van der Waals surface area contributed by atoms with Gasteiger partial charge < -0.3 is 15.2 Å². The molecule has 0 aliphatic heterocycles. The number of nitrogens with two attached hydrogens (primary N) is 1.